The molecule has 1 aromatic heterocycles. The molecule has 33 heavy (non-hydrogen) atoms. The second-order valence-electron chi connectivity index (χ2n) is 10.3. The summed E-state index contributed by atoms with van der Waals surface area (Å²) in [6.45, 7) is 8.44. The van der Waals surface area contributed by atoms with E-state index in [0.717, 1.165) is 12.8 Å². The first-order valence-corrected chi connectivity index (χ1v) is 11.3. The highest BCUT2D eigenvalue weighted by Crippen LogP contribution is 2.36. The predicted molar refractivity (Wildman–Crippen MR) is 125 cm³/mol. The smallest absolute Gasteiger partial charge is 0.163 e. The molecule has 6 heteroatoms. The molecule has 0 saturated carbocycles. The van der Waals surface area contributed by atoms with Crippen LogP contribution in [-0.2, 0) is 6.61 Å². The number of Topliss-reactive ketones (excluding diaryl/α,β-unsaturated/α-hetero) is 1. The maximum absolute atomic E-state index is 14.0. The molecule has 3 aromatic rings. The van der Waals surface area contributed by atoms with Gasteiger partial charge in [-0.2, -0.15) is 0 Å². The second-order valence-corrected chi connectivity index (χ2v) is 10.3. The summed E-state index contributed by atoms with van der Waals surface area (Å²) < 4.78 is 33.7. The van der Waals surface area contributed by atoms with E-state index >= 15 is 0 Å². The van der Waals surface area contributed by atoms with Crippen LogP contribution in [0, 0.1) is 17.6 Å². The van der Waals surface area contributed by atoms with Crippen molar-refractivity contribution in [3.05, 3.63) is 71.4 Å². The molecule has 0 unspecified atom stereocenters. The zero-order valence-corrected chi connectivity index (χ0v) is 19.5. The van der Waals surface area contributed by atoms with Crippen LogP contribution in [0.1, 0.15) is 62.9 Å². The molecule has 2 aromatic carbocycles. The van der Waals surface area contributed by atoms with Gasteiger partial charge in [-0.05, 0) is 70.7 Å². The lowest BCUT2D eigenvalue weighted by atomic mass is 9.74. The van der Waals surface area contributed by atoms with E-state index in [-0.39, 0.29) is 34.9 Å². The molecule has 1 fully saturated rings. The summed E-state index contributed by atoms with van der Waals surface area (Å²) in [5.74, 6) is -0.596. The summed E-state index contributed by atoms with van der Waals surface area (Å²) in [5, 5.41) is 4.34. The number of para-hydroxylation sites is 1. The normalized spacial score (nSPS) is 17.8. The summed E-state index contributed by atoms with van der Waals surface area (Å²) in [5.41, 5.74) is 0.895. The fourth-order valence-corrected chi connectivity index (χ4v) is 5.38. The first kappa shape index (κ1) is 23.3. The van der Waals surface area contributed by atoms with Gasteiger partial charge in [-0.1, -0.05) is 18.2 Å². The van der Waals surface area contributed by atoms with Crippen molar-refractivity contribution in [3.63, 3.8) is 0 Å². The number of piperidine rings is 1. The molecule has 0 atom stereocenters. The molecule has 0 bridgehead atoms. The number of nitrogens with one attached hydrogen (secondary N) is 1. The number of nitrogens with zero attached hydrogens (tertiary/aromatic N) is 1. The van der Waals surface area contributed by atoms with Gasteiger partial charge < -0.3 is 10.1 Å². The summed E-state index contributed by atoms with van der Waals surface area (Å²) in [6, 6.07) is 10.7. The number of carbonyl (C=O) groups is 1. The molecule has 4 rings (SSSR count). The van der Waals surface area contributed by atoms with E-state index in [1.54, 1.807) is 24.4 Å². The van der Waals surface area contributed by atoms with Gasteiger partial charge in [0.15, 0.2) is 5.78 Å². The second kappa shape index (κ2) is 8.82. The number of hydrogen-bond donors (Lipinski definition) is 1. The van der Waals surface area contributed by atoms with Crippen molar-refractivity contribution in [2.75, 3.05) is 0 Å². The fraction of sp³-hybridized carbons (Fsp3) is 0.407. The molecule has 0 amide bonds. The Bertz CT molecular complexity index is 1150. The highest BCUT2D eigenvalue weighted by Gasteiger charge is 2.38. The van der Waals surface area contributed by atoms with Gasteiger partial charge in [-0.25, -0.2) is 8.78 Å². The lowest BCUT2D eigenvalue weighted by molar-refractivity contribution is 0.0866. The maximum atomic E-state index is 14.0. The SMILES string of the molecule is CC1(C)CC(CC(=O)c2ccnc3c(OCc4c(F)cccc4F)cccc23)CC(C)(C)N1. The van der Waals surface area contributed by atoms with Crippen LogP contribution in [0.4, 0.5) is 8.78 Å². The number of carbonyl (C=O) groups excluding carboxylic acids is 1. The summed E-state index contributed by atoms with van der Waals surface area (Å²) in [7, 11) is 0. The molecule has 0 radical (unpaired) electrons. The van der Waals surface area contributed by atoms with E-state index in [2.05, 4.69) is 38.0 Å². The Kier molecular flexibility index (Phi) is 6.23. The molecule has 0 spiro atoms. The Balaban J connectivity index is 1.58. The zero-order valence-electron chi connectivity index (χ0n) is 19.5. The van der Waals surface area contributed by atoms with E-state index in [1.807, 2.05) is 6.07 Å². The number of halogens is 2. The minimum atomic E-state index is -0.660. The van der Waals surface area contributed by atoms with Crippen molar-refractivity contribution < 1.29 is 18.3 Å². The number of pyridine rings is 1. The van der Waals surface area contributed by atoms with Crippen LogP contribution >= 0.6 is 0 Å². The van der Waals surface area contributed by atoms with Crippen molar-refractivity contribution in [2.24, 2.45) is 5.92 Å². The first-order chi connectivity index (χ1) is 15.5. The van der Waals surface area contributed by atoms with Gasteiger partial charge in [0.05, 0.1) is 5.56 Å². The number of benzene rings is 2. The Morgan fingerprint density at radius 1 is 1.03 bits per heavy atom. The lowest BCUT2D eigenvalue weighted by Crippen LogP contribution is -2.57. The first-order valence-electron chi connectivity index (χ1n) is 11.3. The van der Waals surface area contributed by atoms with E-state index in [1.165, 1.54) is 18.2 Å². The molecule has 1 aliphatic rings. The van der Waals surface area contributed by atoms with Crippen LogP contribution < -0.4 is 10.1 Å². The van der Waals surface area contributed by atoms with Crippen LogP contribution in [0.3, 0.4) is 0 Å². The van der Waals surface area contributed by atoms with Gasteiger partial charge in [-0.15, -0.1) is 0 Å². The highest BCUT2D eigenvalue weighted by molar-refractivity contribution is 6.08. The summed E-state index contributed by atoms with van der Waals surface area (Å²) in [4.78, 5) is 17.7. The van der Waals surface area contributed by atoms with Crippen LogP contribution in [0.15, 0.2) is 48.7 Å². The average molecular weight is 453 g/mol. The zero-order chi connectivity index (χ0) is 23.8. The highest BCUT2D eigenvalue weighted by atomic mass is 19.1. The standard InChI is InChI=1S/C27H30F2N2O2/c1-26(2)14-17(15-27(3,4)31-26)13-23(32)18-11-12-30-25-19(18)7-5-10-24(25)33-16-20-21(28)8-6-9-22(20)29/h5-12,17,31H,13-16H2,1-4H3. The number of rotatable bonds is 6. The Labute approximate surface area is 193 Å². The topological polar surface area (TPSA) is 51.2 Å². The predicted octanol–water partition coefficient (Wildman–Crippen LogP) is 6.22. The molecule has 2 heterocycles. The molecule has 1 N–H and O–H groups in total. The molecular formula is C27H30F2N2O2. The average Bonchev–Trinajstić information content (AvgIpc) is 2.70. The van der Waals surface area contributed by atoms with Gasteiger partial charge >= 0.3 is 0 Å². The van der Waals surface area contributed by atoms with Crippen molar-refractivity contribution in [1.29, 1.82) is 0 Å². The third-order valence-corrected chi connectivity index (χ3v) is 6.22. The van der Waals surface area contributed by atoms with Gasteiger partial charge in [0.1, 0.15) is 29.5 Å². The van der Waals surface area contributed by atoms with Crippen molar-refractivity contribution >= 4 is 16.7 Å². The quantitative estimate of drug-likeness (QED) is 0.451. The molecule has 1 saturated heterocycles. The van der Waals surface area contributed by atoms with Crippen molar-refractivity contribution in [3.8, 4) is 5.75 Å². The Hall–Kier alpha value is -2.86. The Morgan fingerprint density at radius 2 is 1.67 bits per heavy atom. The molecular weight excluding hydrogens is 422 g/mol. The summed E-state index contributed by atoms with van der Waals surface area (Å²) in [6.07, 6.45) is 3.89. The minimum absolute atomic E-state index is 0.0317. The monoisotopic (exact) mass is 452 g/mol. The van der Waals surface area contributed by atoms with E-state index in [9.17, 15) is 13.6 Å². The van der Waals surface area contributed by atoms with E-state index in [0.29, 0.717) is 28.6 Å². The van der Waals surface area contributed by atoms with E-state index in [4.69, 9.17) is 4.74 Å². The maximum Gasteiger partial charge on any atom is 0.163 e. The summed E-state index contributed by atoms with van der Waals surface area (Å²) >= 11 is 0. The lowest BCUT2D eigenvalue weighted by Gasteiger charge is -2.46. The van der Waals surface area contributed by atoms with Crippen molar-refractivity contribution in [2.45, 2.75) is 64.6 Å². The van der Waals surface area contributed by atoms with Crippen molar-refractivity contribution in [1.82, 2.24) is 10.3 Å². The fourth-order valence-electron chi connectivity index (χ4n) is 5.38. The minimum Gasteiger partial charge on any atom is -0.486 e. The molecule has 174 valence electrons. The number of ketones is 1. The van der Waals surface area contributed by atoms with Gasteiger partial charge in [0.2, 0.25) is 0 Å². The molecule has 4 nitrogen and oxygen atoms in total. The third-order valence-electron chi connectivity index (χ3n) is 6.22. The van der Waals surface area contributed by atoms with Crippen LogP contribution in [0.5, 0.6) is 5.75 Å². The van der Waals surface area contributed by atoms with Gasteiger partial charge in [0.25, 0.3) is 0 Å². The van der Waals surface area contributed by atoms with Gasteiger partial charge in [0, 0.05) is 34.6 Å². The van der Waals surface area contributed by atoms with Crippen LogP contribution in [0.2, 0.25) is 0 Å². The van der Waals surface area contributed by atoms with Gasteiger partial charge in [-0.3, -0.25) is 9.78 Å². The third kappa shape index (κ3) is 5.22. The van der Waals surface area contributed by atoms with Crippen LogP contribution in [0.25, 0.3) is 10.9 Å². The number of hydrogen-bond acceptors (Lipinski definition) is 4. The molecule has 1 aliphatic heterocycles. The largest absolute Gasteiger partial charge is 0.486 e. The number of fused-ring (bicyclic) bond motifs is 1. The molecule has 0 aliphatic carbocycles. The van der Waals surface area contributed by atoms with E-state index < -0.39 is 11.6 Å². The van der Waals surface area contributed by atoms with Crippen LogP contribution in [-0.4, -0.2) is 21.8 Å². The number of aromatic nitrogens is 1. The number of ether oxygens (including phenoxy) is 1. The Morgan fingerprint density at radius 3 is 2.33 bits per heavy atom.